The molecule has 0 unspecified atom stereocenters. The molecule has 0 atom stereocenters. The van der Waals surface area contributed by atoms with Crippen LogP contribution in [-0.4, -0.2) is 12.1 Å². The van der Waals surface area contributed by atoms with Crippen LogP contribution in [0.15, 0.2) is 42.5 Å². The molecule has 2 aromatic carbocycles. The van der Waals surface area contributed by atoms with Crippen LogP contribution in [0.25, 0.3) is 0 Å². The maximum atomic E-state index is 11.6. The van der Waals surface area contributed by atoms with Crippen molar-refractivity contribution in [2.75, 3.05) is 10.6 Å². The molecule has 0 radical (unpaired) electrons. The summed E-state index contributed by atoms with van der Waals surface area (Å²) in [5.41, 5.74) is 2.28. The average Bonchev–Trinajstić information content (AvgIpc) is 2.44. The number of carbonyl (C=O) groups is 1. The molecule has 22 heavy (non-hydrogen) atoms. The zero-order chi connectivity index (χ0) is 16.1. The molecule has 2 aromatic rings. The molecule has 0 aliphatic carbocycles. The Hall–Kier alpha value is -1.91. The number of carbonyl (C=O) groups excluding carboxylic acids is 1. The van der Waals surface area contributed by atoms with Crippen molar-refractivity contribution in [3.05, 3.63) is 52.5 Å². The van der Waals surface area contributed by atoms with Crippen LogP contribution in [0.5, 0.6) is 0 Å². The summed E-state index contributed by atoms with van der Waals surface area (Å²) in [6, 6.07) is 12.4. The first-order valence-corrected chi connectivity index (χ1v) is 7.59. The fraction of sp³-hybridized carbons (Fsp3) is 0.188. The second kappa shape index (κ2) is 7.38. The monoisotopic (exact) mass is 337 g/mol. The summed E-state index contributed by atoms with van der Waals surface area (Å²) in [4.78, 5) is 11.6. The number of rotatable bonds is 4. The van der Waals surface area contributed by atoms with Crippen molar-refractivity contribution >= 4 is 46.3 Å². The van der Waals surface area contributed by atoms with Crippen LogP contribution >= 0.6 is 23.2 Å². The van der Waals surface area contributed by atoms with E-state index in [4.69, 9.17) is 23.2 Å². The van der Waals surface area contributed by atoms with Crippen LogP contribution in [0.3, 0.4) is 0 Å². The molecule has 0 heterocycles. The van der Waals surface area contributed by atoms with Gasteiger partial charge in [-0.2, -0.15) is 0 Å². The smallest absolute Gasteiger partial charge is 0.319 e. The van der Waals surface area contributed by atoms with Gasteiger partial charge in [0.2, 0.25) is 0 Å². The third-order valence-corrected chi connectivity index (χ3v) is 3.33. The minimum Gasteiger partial charge on any atom is -0.354 e. The highest BCUT2D eigenvalue weighted by atomic mass is 35.5. The molecule has 0 spiro atoms. The molecule has 2 amide bonds. The standard InChI is InChI=1S/C16H17Cl2N3O/c1-10(2)19-16(22)21-13-6-4-12(5-7-13)20-15-9-11(17)3-8-14(15)18/h3-10,20H,1-2H3,(H2,19,21,22). The van der Waals surface area contributed by atoms with E-state index in [-0.39, 0.29) is 12.1 Å². The topological polar surface area (TPSA) is 53.2 Å². The van der Waals surface area contributed by atoms with Crippen molar-refractivity contribution in [2.24, 2.45) is 0 Å². The Balaban J connectivity index is 2.03. The molecule has 0 saturated heterocycles. The first-order chi connectivity index (χ1) is 10.4. The lowest BCUT2D eigenvalue weighted by Gasteiger charge is -2.12. The van der Waals surface area contributed by atoms with Gasteiger partial charge in [0.05, 0.1) is 10.7 Å². The van der Waals surface area contributed by atoms with Gasteiger partial charge in [0.25, 0.3) is 0 Å². The first-order valence-electron chi connectivity index (χ1n) is 6.83. The van der Waals surface area contributed by atoms with Gasteiger partial charge in [-0.1, -0.05) is 23.2 Å². The quantitative estimate of drug-likeness (QED) is 0.712. The Morgan fingerprint density at radius 3 is 2.27 bits per heavy atom. The number of urea groups is 1. The van der Waals surface area contributed by atoms with E-state index in [1.165, 1.54) is 0 Å². The molecule has 116 valence electrons. The zero-order valence-electron chi connectivity index (χ0n) is 12.3. The fourth-order valence-corrected chi connectivity index (χ4v) is 2.15. The average molecular weight is 338 g/mol. The van der Waals surface area contributed by atoms with E-state index in [9.17, 15) is 4.79 Å². The van der Waals surface area contributed by atoms with Crippen molar-refractivity contribution in [1.82, 2.24) is 5.32 Å². The third-order valence-electron chi connectivity index (χ3n) is 2.77. The Bertz CT molecular complexity index is 657. The number of hydrogen-bond acceptors (Lipinski definition) is 2. The number of nitrogens with one attached hydrogen (secondary N) is 3. The molecule has 2 rings (SSSR count). The van der Waals surface area contributed by atoms with Gasteiger partial charge in [-0.05, 0) is 56.3 Å². The van der Waals surface area contributed by atoms with Crippen molar-refractivity contribution in [2.45, 2.75) is 19.9 Å². The van der Waals surface area contributed by atoms with Gasteiger partial charge in [0.15, 0.2) is 0 Å². The normalized spacial score (nSPS) is 10.4. The summed E-state index contributed by atoms with van der Waals surface area (Å²) in [6.45, 7) is 3.81. The number of amides is 2. The summed E-state index contributed by atoms with van der Waals surface area (Å²) in [7, 11) is 0. The molecule has 0 aliphatic rings. The largest absolute Gasteiger partial charge is 0.354 e. The van der Waals surface area contributed by atoms with E-state index < -0.39 is 0 Å². The van der Waals surface area contributed by atoms with Crippen LogP contribution in [0.2, 0.25) is 10.0 Å². The zero-order valence-corrected chi connectivity index (χ0v) is 13.8. The van der Waals surface area contributed by atoms with E-state index in [1.54, 1.807) is 30.3 Å². The number of benzene rings is 2. The molecule has 0 aromatic heterocycles. The van der Waals surface area contributed by atoms with Crippen LogP contribution in [0, 0.1) is 0 Å². The van der Waals surface area contributed by atoms with Crippen LogP contribution < -0.4 is 16.0 Å². The van der Waals surface area contributed by atoms with Gasteiger partial charge < -0.3 is 16.0 Å². The van der Waals surface area contributed by atoms with Crippen LogP contribution in [-0.2, 0) is 0 Å². The number of hydrogen-bond donors (Lipinski definition) is 3. The number of anilines is 3. The van der Waals surface area contributed by atoms with Gasteiger partial charge in [0, 0.05) is 22.4 Å². The van der Waals surface area contributed by atoms with Crippen molar-refractivity contribution in [3.63, 3.8) is 0 Å². The van der Waals surface area contributed by atoms with Crippen molar-refractivity contribution in [1.29, 1.82) is 0 Å². The van der Waals surface area contributed by atoms with Gasteiger partial charge >= 0.3 is 6.03 Å². The predicted octanol–water partition coefficient (Wildman–Crippen LogP) is 5.27. The highest BCUT2D eigenvalue weighted by Gasteiger charge is 2.04. The minimum atomic E-state index is -0.228. The molecule has 6 heteroatoms. The summed E-state index contributed by atoms with van der Waals surface area (Å²) in [5.74, 6) is 0. The highest BCUT2D eigenvalue weighted by Crippen LogP contribution is 2.28. The van der Waals surface area contributed by atoms with E-state index in [1.807, 2.05) is 26.0 Å². The second-order valence-electron chi connectivity index (χ2n) is 5.08. The molecule has 0 fully saturated rings. The molecular formula is C16H17Cl2N3O. The van der Waals surface area contributed by atoms with Gasteiger partial charge in [0.1, 0.15) is 0 Å². The van der Waals surface area contributed by atoms with E-state index in [2.05, 4.69) is 16.0 Å². The highest BCUT2D eigenvalue weighted by molar-refractivity contribution is 6.35. The molecule has 0 aliphatic heterocycles. The lowest BCUT2D eigenvalue weighted by molar-refractivity contribution is 0.250. The summed E-state index contributed by atoms with van der Waals surface area (Å²) >= 11 is 12.1. The van der Waals surface area contributed by atoms with Crippen molar-refractivity contribution < 1.29 is 4.79 Å². The Morgan fingerprint density at radius 2 is 1.64 bits per heavy atom. The molecular weight excluding hydrogens is 321 g/mol. The Morgan fingerprint density at radius 1 is 1.00 bits per heavy atom. The fourth-order valence-electron chi connectivity index (χ4n) is 1.82. The molecule has 0 bridgehead atoms. The molecule has 4 nitrogen and oxygen atoms in total. The molecule has 3 N–H and O–H groups in total. The Labute approximate surface area is 139 Å². The lowest BCUT2D eigenvalue weighted by atomic mass is 10.2. The van der Waals surface area contributed by atoms with E-state index in [0.29, 0.717) is 15.7 Å². The third kappa shape index (κ3) is 4.83. The van der Waals surface area contributed by atoms with Gasteiger partial charge in [-0.25, -0.2) is 4.79 Å². The first kappa shape index (κ1) is 16.5. The number of halogens is 2. The molecule has 0 saturated carbocycles. The maximum Gasteiger partial charge on any atom is 0.319 e. The Kier molecular flexibility index (Phi) is 5.52. The summed E-state index contributed by atoms with van der Waals surface area (Å²) in [6.07, 6.45) is 0. The summed E-state index contributed by atoms with van der Waals surface area (Å²) < 4.78 is 0. The van der Waals surface area contributed by atoms with Crippen LogP contribution in [0.4, 0.5) is 21.9 Å². The van der Waals surface area contributed by atoms with E-state index in [0.717, 1.165) is 11.4 Å². The SMILES string of the molecule is CC(C)NC(=O)Nc1ccc(Nc2cc(Cl)ccc2Cl)cc1. The lowest BCUT2D eigenvalue weighted by Crippen LogP contribution is -2.34. The predicted molar refractivity (Wildman–Crippen MR) is 93.5 cm³/mol. The van der Waals surface area contributed by atoms with E-state index >= 15 is 0 Å². The second-order valence-corrected chi connectivity index (χ2v) is 5.92. The summed E-state index contributed by atoms with van der Waals surface area (Å²) in [5, 5.41) is 9.90. The maximum absolute atomic E-state index is 11.6. The minimum absolute atomic E-state index is 0.0888. The van der Waals surface area contributed by atoms with Gasteiger partial charge in [-0.15, -0.1) is 0 Å². The van der Waals surface area contributed by atoms with Gasteiger partial charge in [-0.3, -0.25) is 0 Å². The van der Waals surface area contributed by atoms with Crippen LogP contribution in [0.1, 0.15) is 13.8 Å². The van der Waals surface area contributed by atoms with Crippen molar-refractivity contribution in [3.8, 4) is 0 Å².